The molecule has 2 heteroatoms. The van der Waals surface area contributed by atoms with Crippen LogP contribution < -0.4 is 0 Å². The van der Waals surface area contributed by atoms with Crippen LogP contribution in [0.1, 0.15) is 0 Å². The molecule has 0 aliphatic heterocycles. The molecule has 0 bridgehead atoms. The van der Waals surface area contributed by atoms with Crippen LogP contribution in [0.2, 0.25) is 0 Å². The first-order valence-corrected chi connectivity index (χ1v) is 2.69. The molecule has 1 atom stereocenters. The molecule has 0 rings (SSSR count). The van der Waals surface area contributed by atoms with E-state index in [1.807, 2.05) is 0 Å². The molecule has 0 saturated carbocycles. The molecule has 0 radical (unpaired) electrons. The Labute approximate surface area is 34.1 Å². The Kier molecular flexibility index (Phi) is 2.10. The highest BCUT2D eigenvalue weighted by molar-refractivity contribution is 6.12. The van der Waals surface area contributed by atoms with Gasteiger partial charge < -0.3 is 0 Å². The first kappa shape index (κ1) is 4.89. The fourth-order valence-corrected chi connectivity index (χ4v) is 0. The van der Waals surface area contributed by atoms with Gasteiger partial charge in [-0.1, -0.05) is 6.08 Å². The van der Waals surface area contributed by atoms with Crippen molar-refractivity contribution in [2.75, 3.05) is 0 Å². The maximum atomic E-state index is 11.4. The Morgan fingerprint density at radius 3 is 2.20 bits per heavy atom. The van der Waals surface area contributed by atoms with E-state index in [1.165, 1.54) is 6.08 Å². The minimum absolute atomic E-state index is 0.585. The lowest BCUT2D eigenvalue weighted by molar-refractivity contribution is 0.512. The van der Waals surface area contributed by atoms with Crippen molar-refractivity contribution in [1.82, 2.24) is 0 Å². The highest BCUT2D eigenvalue weighted by Crippen LogP contribution is 1.77. The highest BCUT2D eigenvalue weighted by Gasteiger charge is 1.79. The van der Waals surface area contributed by atoms with Crippen molar-refractivity contribution >= 4 is 10.2 Å². The second kappa shape index (κ2) is 2.14. The Hall–Kier alpha value is -0.113. The number of hydrogen-bond acceptors (Lipinski definition) is 0. The zero-order chi connectivity index (χ0) is 4.28. The summed E-state index contributed by atoms with van der Waals surface area (Å²) in [5.41, 5.74) is 0. The molecule has 30 valence electrons. The zero-order valence-corrected chi connectivity index (χ0v) is 5.24. The third-order valence-corrected chi connectivity index (χ3v) is 0.796. The van der Waals surface area contributed by atoms with Gasteiger partial charge in [-0.3, -0.25) is 0 Å². The topological polar surface area (TPSA) is 0 Å². The van der Waals surface area contributed by atoms with E-state index in [9.17, 15) is 4.39 Å². The van der Waals surface area contributed by atoms with Gasteiger partial charge in [-0.05, 0) is 0 Å². The number of halogens is 1. The van der Waals surface area contributed by atoms with Gasteiger partial charge in [0.1, 0.15) is 0 Å². The molecule has 5 heavy (non-hydrogen) atoms. The second-order valence-electron chi connectivity index (χ2n) is 0.913. The quantitative estimate of drug-likeness (QED) is 0.310. The van der Waals surface area contributed by atoms with Crippen molar-refractivity contribution in [2.24, 2.45) is 0 Å². The summed E-state index contributed by atoms with van der Waals surface area (Å²) in [6.45, 7) is 3.22. The van der Waals surface area contributed by atoms with E-state index in [2.05, 4.69) is 6.58 Å². The first-order valence-electron chi connectivity index (χ1n) is 1.54. The summed E-state index contributed by atoms with van der Waals surface area (Å²) in [6, 6.07) is 0. The van der Waals surface area contributed by atoms with Crippen LogP contribution in [-0.2, 0) is 0 Å². The average Bonchev–Trinajstić information content (AvgIpc) is 1.38. The molecular weight excluding hydrogens is 83.1 g/mol. The van der Waals surface area contributed by atoms with Gasteiger partial charge in [-0.15, -0.1) is 6.58 Å². The van der Waals surface area contributed by atoms with Gasteiger partial charge in [-0.25, -0.2) is 4.39 Å². The van der Waals surface area contributed by atoms with Crippen molar-refractivity contribution in [3.8, 4) is 0 Å². The fourth-order valence-electron chi connectivity index (χ4n) is 0. The number of alkyl halides is 1. The molecular formula is C3H7FSi. The summed E-state index contributed by atoms with van der Waals surface area (Å²) in [5.74, 6) is -0.713. The largest absolute Gasteiger partial charge is 0.248 e. The molecule has 0 nitrogen and oxygen atoms in total. The van der Waals surface area contributed by atoms with Gasteiger partial charge in [-0.2, -0.15) is 0 Å². The van der Waals surface area contributed by atoms with Crippen molar-refractivity contribution in [2.45, 2.75) is 5.79 Å². The lowest BCUT2D eigenvalue weighted by atomic mass is 10.7. The molecule has 0 amide bonds. The highest BCUT2D eigenvalue weighted by atomic mass is 28.1. The summed E-state index contributed by atoms with van der Waals surface area (Å²) in [6.07, 6.45) is 1.31. The summed E-state index contributed by atoms with van der Waals surface area (Å²) in [5, 5.41) is 0. The van der Waals surface area contributed by atoms with Crippen molar-refractivity contribution in [1.29, 1.82) is 0 Å². The molecule has 0 fully saturated rings. The van der Waals surface area contributed by atoms with Gasteiger partial charge in [0.05, 0.1) is 16.0 Å². The predicted octanol–water partition coefficient (Wildman–Crippen LogP) is -0.167. The van der Waals surface area contributed by atoms with E-state index < -0.39 is 5.79 Å². The monoisotopic (exact) mass is 90.0 g/mol. The summed E-state index contributed by atoms with van der Waals surface area (Å²) < 4.78 is 11.4. The van der Waals surface area contributed by atoms with Gasteiger partial charge >= 0.3 is 0 Å². The van der Waals surface area contributed by atoms with Crippen LogP contribution in [0.4, 0.5) is 4.39 Å². The van der Waals surface area contributed by atoms with Gasteiger partial charge in [0, 0.05) is 0 Å². The molecule has 0 aromatic rings. The summed E-state index contributed by atoms with van der Waals surface area (Å²) in [7, 11) is 0.585. The molecule has 0 N–H and O–H groups in total. The van der Waals surface area contributed by atoms with Crippen molar-refractivity contribution < 1.29 is 4.39 Å². The molecule has 0 aliphatic rings. The number of rotatable bonds is 1. The van der Waals surface area contributed by atoms with Crippen LogP contribution in [0.15, 0.2) is 12.7 Å². The Morgan fingerprint density at radius 1 is 2.00 bits per heavy atom. The Morgan fingerprint density at radius 2 is 2.20 bits per heavy atom. The normalized spacial score (nSPS) is 14.6. The second-order valence-corrected chi connectivity index (χ2v) is 2.02. The Balaban J connectivity index is 2.83. The van der Waals surface area contributed by atoms with Gasteiger partial charge in [0.25, 0.3) is 0 Å². The molecule has 0 aromatic heterocycles. The van der Waals surface area contributed by atoms with Crippen LogP contribution in [0.5, 0.6) is 0 Å². The van der Waals surface area contributed by atoms with E-state index in [1.54, 1.807) is 0 Å². The number of allylic oxidation sites excluding steroid dienone is 1. The lowest BCUT2D eigenvalue weighted by Gasteiger charge is -1.79. The fraction of sp³-hybridized carbons (Fsp3) is 0.333. The summed E-state index contributed by atoms with van der Waals surface area (Å²) in [4.78, 5) is 0. The zero-order valence-electron chi connectivity index (χ0n) is 3.24. The molecule has 0 heterocycles. The van der Waals surface area contributed by atoms with E-state index in [0.29, 0.717) is 10.2 Å². The molecule has 0 aliphatic carbocycles. The SMILES string of the molecule is C=CC(F)[SiH3]. The van der Waals surface area contributed by atoms with Crippen LogP contribution in [0, 0.1) is 0 Å². The lowest BCUT2D eigenvalue weighted by Crippen LogP contribution is -1.87. The minimum Gasteiger partial charge on any atom is -0.248 e. The van der Waals surface area contributed by atoms with Gasteiger partial charge in [0.15, 0.2) is 0 Å². The van der Waals surface area contributed by atoms with E-state index in [-0.39, 0.29) is 0 Å². The molecule has 0 saturated heterocycles. The van der Waals surface area contributed by atoms with Crippen LogP contribution in [0.25, 0.3) is 0 Å². The van der Waals surface area contributed by atoms with Crippen molar-refractivity contribution in [3.05, 3.63) is 12.7 Å². The van der Waals surface area contributed by atoms with Crippen LogP contribution in [0.3, 0.4) is 0 Å². The molecule has 1 unspecified atom stereocenters. The Bertz CT molecular complexity index is 33.9. The maximum Gasteiger partial charge on any atom is 0.0966 e. The maximum absolute atomic E-state index is 11.4. The smallest absolute Gasteiger partial charge is 0.0966 e. The van der Waals surface area contributed by atoms with E-state index in [0.717, 1.165) is 0 Å². The predicted molar refractivity (Wildman–Crippen MR) is 25.0 cm³/mol. The third-order valence-electron chi connectivity index (χ3n) is 0.325. The van der Waals surface area contributed by atoms with Crippen LogP contribution in [-0.4, -0.2) is 16.0 Å². The van der Waals surface area contributed by atoms with E-state index in [4.69, 9.17) is 0 Å². The summed E-state index contributed by atoms with van der Waals surface area (Å²) >= 11 is 0. The molecule has 0 spiro atoms. The van der Waals surface area contributed by atoms with E-state index >= 15 is 0 Å². The first-order chi connectivity index (χ1) is 2.27. The average molecular weight is 90.2 g/mol. The van der Waals surface area contributed by atoms with Gasteiger partial charge in [0.2, 0.25) is 0 Å². The third kappa shape index (κ3) is 3.89. The minimum atomic E-state index is -0.713. The standard InChI is InChI=1S/C3H7FSi/c1-2-3(4)5/h2-3H,1H2,5H3. The van der Waals surface area contributed by atoms with Crippen LogP contribution >= 0.6 is 0 Å². The number of hydrogen-bond donors (Lipinski definition) is 0. The van der Waals surface area contributed by atoms with Crippen molar-refractivity contribution in [3.63, 3.8) is 0 Å². The molecule has 0 aromatic carbocycles.